The third-order valence-corrected chi connectivity index (χ3v) is 5.31. The quantitative estimate of drug-likeness (QED) is 0.136. The Kier molecular flexibility index (Phi) is 9.25. The van der Waals surface area contributed by atoms with Gasteiger partial charge in [-0.3, -0.25) is 10.2 Å². The number of ether oxygens (including phenoxy) is 3. The van der Waals surface area contributed by atoms with Crippen molar-refractivity contribution < 1.29 is 33.7 Å². The molecule has 0 aliphatic rings. The second-order valence-electron chi connectivity index (χ2n) is 7.91. The fourth-order valence-corrected chi connectivity index (χ4v) is 3.52. The lowest BCUT2D eigenvalue weighted by molar-refractivity contribution is -0.139. The average Bonchev–Trinajstić information content (AvgIpc) is 2.91. The first-order valence-corrected chi connectivity index (χ1v) is 11.5. The SMILES string of the molecule is CCOc1cccc(CNc2ccc(C(=O)OC)cc2C(=O)Nc2ccc(C(=N)N)cc2)c1OCC(=O)O. The second-order valence-corrected chi connectivity index (χ2v) is 7.91. The molecule has 1 amide bonds. The molecular formula is C27H28N4O7. The molecule has 11 nitrogen and oxygen atoms in total. The van der Waals surface area contributed by atoms with Gasteiger partial charge in [0.05, 0.1) is 24.8 Å². The van der Waals surface area contributed by atoms with Crippen LogP contribution in [0.1, 0.15) is 38.8 Å². The fourth-order valence-electron chi connectivity index (χ4n) is 3.52. The van der Waals surface area contributed by atoms with Crippen LogP contribution in [0.4, 0.5) is 11.4 Å². The molecule has 3 aromatic rings. The van der Waals surface area contributed by atoms with E-state index < -0.39 is 24.5 Å². The van der Waals surface area contributed by atoms with E-state index in [0.717, 1.165) is 0 Å². The molecule has 0 saturated heterocycles. The van der Waals surface area contributed by atoms with Crippen molar-refractivity contribution in [2.75, 3.05) is 31.0 Å². The van der Waals surface area contributed by atoms with Crippen molar-refractivity contribution in [3.63, 3.8) is 0 Å². The van der Waals surface area contributed by atoms with E-state index in [-0.39, 0.29) is 29.3 Å². The van der Waals surface area contributed by atoms with Crippen molar-refractivity contribution in [3.8, 4) is 11.5 Å². The summed E-state index contributed by atoms with van der Waals surface area (Å²) < 4.78 is 15.9. The number of amidine groups is 1. The van der Waals surface area contributed by atoms with Crippen molar-refractivity contribution in [1.82, 2.24) is 0 Å². The van der Waals surface area contributed by atoms with Crippen LogP contribution >= 0.6 is 0 Å². The second kappa shape index (κ2) is 12.8. The summed E-state index contributed by atoms with van der Waals surface area (Å²) in [7, 11) is 1.24. The number of aliphatic carboxylic acids is 1. The first kappa shape index (κ1) is 27.5. The van der Waals surface area contributed by atoms with Gasteiger partial charge in [0.2, 0.25) is 0 Å². The number of carbonyl (C=O) groups is 3. The van der Waals surface area contributed by atoms with Crippen molar-refractivity contribution in [2.24, 2.45) is 5.73 Å². The maximum atomic E-state index is 13.2. The lowest BCUT2D eigenvalue weighted by Crippen LogP contribution is -2.17. The largest absolute Gasteiger partial charge is 0.490 e. The molecule has 0 radical (unpaired) electrons. The van der Waals surface area contributed by atoms with Crippen LogP contribution in [0.25, 0.3) is 0 Å². The Labute approximate surface area is 219 Å². The predicted molar refractivity (Wildman–Crippen MR) is 141 cm³/mol. The van der Waals surface area contributed by atoms with Crippen molar-refractivity contribution in [3.05, 3.63) is 82.9 Å². The van der Waals surface area contributed by atoms with Gasteiger partial charge < -0.3 is 35.7 Å². The molecule has 11 heteroatoms. The number of hydrogen-bond donors (Lipinski definition) is 5. The highest BCUT2D eigenvalue weighted by molar-refractivity contribution is 6.09. The van der Waals surface area contributed by atoms with E-state index in [4.69, 9.17) is 30.5 Å². The van der Waals surface area contributed by atoms with Crippen LogP contribution in [0.5, 0.6) is 11.5 Å². The summed E-state index contributed by atoms with van der Waals surface area (Å²) in [6.07, 6.45) is 0. The lowest BCUT2D eigenvalue weighted by Gasteiger charge is -2.17. The molecule has 0 aliphatic carbocycles. The smallest absolute Gasteiger partial charge is 0.341 e. The number of carboxylic acid groups (broad SMARTS) is 1. The van der Waals surface area contributed by atoms with Crippen LogP contribution in [0, 0.1) is 5.41 Å². The molecule has 198 valence electrons. The van der Waals surface area contributed by atoms with Gasteiger partial charge in [-0.2, -0.15) is 0 Å². The summed E-state index contributed by atoms with van der Waals surface area (Å²) in [4.78, 5) is 36.4. The number of rotatable bonds is 12. The molecule has 0 heterocycles. The minimum atomic E-state index is -1.14. The average molecular weight is 521 g/mol. The number of nitrogens with one attached hydrogen (secondary N) is 3. The number of carbonyl (C=O) groups excluding carboxylic acids is 2. The van der Waals surface area contributed by atoms with Crippen LogP contribution in [0.2, 0.25) is 0 Å². The van der Waals surface area contributed by atoms with Crippen molar-refractivity contribution in [1.29, 1.82) is 5.41 Å². The van der Waals surface area contributed by atoms with Gasteiger partial charge in [0.25, 0.3) is 5.91 Å². The minimum absolute atomic E-state index is 0.0970. The highest BCUT2D eigenvalue weighted by Gasteiger charge is 2.18. The number of nitrogens with two attached hydrogens (primary N) is 1. The van der Waals surface area contributed by atoms with Gasteiger partial charge in [-0.05, 0) is 55.5 Å². The number of amides is 1. The Morgan fingerprint density at radius 3 is 2.34 bits per heavy atom. The summed E-state index contributed by atoms with van der Waals surface area (Å²) >= 11 is 0. The zero-order chi connectivity index (χ0) is 27.7. The highest BCUT2D eigenvalue weighted by Crippen LogP contribution is 2.32. The number of para-hydroxylation sites is 1. The summed E-state index contributed by atoms with van der Waals surface area (Å²) in [6, 6.07) is 16.1. The number of hydrogen-bond acceptors (Lipinski definition) is 8. The number of nitrogen functional groups attached to an aromatic ring is 1. The summed E-state index contributed by atoms with van der Waals surface area (Å²) in [5, 5.41) is 22.5. The molecule has 3 aromatic carbocycles. The minimum Gasteiger partial charge on any atom is -0.490 e. The molecule has 3 rings (SSSR count). The first-order chi connectivity index (χ1) is 18.2. The fraction of sp³-hybridized carbons (Fsp3) is 0.185. The Bertz CT molecular complexity index is 1340. The molecule has 0 aliphatic heterocycles. The van der Waals surface area contributed by atoms with E-state index in [1.54, 1.807) is 55.5 Å². The monoisotopic (exact) mass is 520 g/mol. The molecular weight excluding hydrogens is 492 g/mol. The van der Waals surface area contributed by atoms with Gasteiger partial charge in [-0.25, -0.2) is 9.59 Å². The van der Waals surface area contributed by atoms with Crippen LogP contribution in [-0.4, -0.2) is 49.1 Å². The standard InChI is InChI=1S/C27H28N4O7/c1-3-37-22-6-4-5-18(24(22)38-15-23(32)33)14-30-21-12-9-17(27(35)36-2)13-20(21)26(34)31-19-10-7-16(8-11-19)25(28)29/h4-13,30H,3,14-15H2,1-2H3,(H3,28,29)(H,31,34)(H,32,33). The lowest BCUT2D eigenvalue weighted by atomic mass is 10.1. The number of esters is 1. The molecule has 6 N–H and O–H groups in total. The molecule has 0 aromatic heterocycles. The maximum absolute atomic E-state index is 13.2. The maximum Gasteiger partial charge on any atom is 0.341 e. The van der Waals surface area contributed by atoms with Crippen LogP contribution in [0.3, 0.4) is 0 Å². The topological polar surface area (TPSA) is 173 Å². The molecule has 0 unspecified atom stereocenters. The Balaban J connectivity index is 1.90. The van der Waals surface area contributed by atoms with Gasteiger partial charge in [0, 0.05) is 29.0 Å². The van der Waals surface area contributed by atoms with Gasteiger partial charge in [0.1, 0.15) is 5.84 Å². The summed E-state index contributed by atoms with van der Waals surface area (Å²) in [6.45, 7) is 1.75. The molecule has 0 fully saturated rings. The zero-order valence-electron chi connectivity index (χ0n) is 20.9. The normalized spacial score (nSPS) is 10.3. The highest BCUT2D eigenvalue weighted by atomic mass is 16.5. The Hall–Kier alpha value is -5.06. The third-order valence-electron chi connectivity index (χ3n) is 5.31. The number of benzene rings is 3. The van der Waals surface area contributed by atoms with Gasteiger partial charge >= 0.3 is 11.9 Å². The van der Waals surface area contributed by atoms with Gasteiger partial charge in [-0.15, -0.1) is 0 Å². The van der Waals surface area contributed by atoms with E-state index >= 15 is 0 Å². The van der Waals surface area contributed by atoms with E-state index in [9.17, 15) is 14.4 Å². The molecule has 0 saturated carbocycles. The van der Waals surface area contributed by atoms with Gasteiger partial charge in [0.15, 0.2) is 18.1 Å². The van der Waals surface area contributed by atoms with E-state index in [2.05, 4.69) is 10.6 Å². The van der Waals surface area contributed by atoms with Gasteiger partial charge in [-0.1, -0.05) is 12.1 Å². The summed E-state index contributed by atoms with van der Waals surface area (Å²) in [5.41, 5.74) is 7.80. The van der Waals surface area contributed by atoms with E-state index in [0.29, 0.717) is 34.9 Å². The number of anilines is 2. The molecule has 0 atom stereocenters. The van der Waals surface area contributed by atoms with Crippen LogP contribution in [0.15, 0.2) is 60.7 Å². The van der Waals surface area contributed by atoms with Crippen molar-refractivity contribution >= 4 is 35.1 Å². The van der Waals surface area contributed by atoms with E-state index in [1.165, 1.54) is 19.2 Å². The van der Waals surface area contributed by atoms with Crippen LogP contribution in [-0.2, 0) is 16.1 Å². The number of methoxy groups -OCH3 is 1. The Morgan fingerprint density at radius 2 is 1.71 bits per heavy atom. The zero-order valence-corrected chi connectivity index (χ0v) is 20.9. The third kappa shape index (κ3) is 7.00. The van der Waals surface area contributed by atoms with Crippen LogP contribution < -0.4 is 25.8 Å². The summed E-state index contributed by atoms with van der Waals surface area (Å²) in [5.74, 6) is -1.68. The molecule has 0 bridgehead atoms. The molecule has 0 spiro atoms. The first-order valence-electron chi connectivity index (χ1n) is 11.5. The van der Waals surface area contributed by atoms with Crippen molar-refractivity contribution in [2.45, 2.75) is 13.5 Å². The number of carboxylic acids is 1. The van der Waals surface area contributed by atoms with E-state index in [1.807, 2.05) is 0 Å². The molecule has 38 heavy (non-hydrogen) atoms. The predicted octanol–water partition coefficient (Wildman–Crippen LogP) is 3.48. The Morgan fingerprint density at radius 1 is 1.00 bits per heavy atom.